The summed E-state index contributed by atoms with van der Waals surface area (Å²) in [5.41, 5.74) is 5.31. The Morgan fingerprint density at radius 2 is 1.83 bits per heavy atom. The molecule has 0 aliphatic heterocycles. The van der Waals surface area contributed by atoms with Gasteiger partial charge in [-0.3, -0.25) is 5.84 Å². The van der Waals surface area contributed by atoms with Gasteiger partial charge in [-0.2, -0.15) is 0 Å². The zero-order valence-electron chi connectivity index (χ0n) is 8.94. The van der Waals surface area contributed by atoms with Crippen LogP contribution in [-0.2, 0) is 0 Å². The molecule has 0 heterocycles. The monoisotopic (exact) mass is 170 g/mol. The number of hydrogen-bond acceptors (Lipinski definition) is 2. The van der Waals surface area contributed by atoms with Crippen LogP contribution in [0.5, 0.6) is 0 Å². The molecular weight excluding hydrogens is 148 g/mol. The first-order valence-electron chi connectivity index (χ1n) is 4.71. The van der Waals surface area contributed by atoms with Crippen LogP contribution in [0.1, 0.15) is 41.0 Å². The summed E-state index contributed by atoms with van der Waals surface area (Å²) in [5, 5.41) is 0. The van der Waals surface area contributed by atoms with Crippen LogP contribution in [0.4, 0.5) is 0 Å². The van der Waals surface area contributed by atoms with Crippen molar-refractivity contribution in [3.8, 4) is 0 Å². The highest BCUT2D eigenvalue weighted by Crippen LogP contribution is 2.24. The van der Waals surface area contributed by atoms with Crippen LogP contribution in [0.2, 0.25) is 0 Å². The number of nitrogens with one attached hydrogen (secondary N) is 1. The fourth-order valence-corrected chi connectivity index (χ4v) is 1.67. The highest BCUT2D eigenvalue weighted by atomic mass is 15.2. The molecule has 0 radical (unpaired) electrons. The Morgan fingerprint density at radius 1 is 1.33 bits per heavy atom. The summed E-state index contributed by atoms with van der Waals surface area (Å²) in [6, 6.07) is 0. The highest BCUT2D eigenvalue weighted by Gasteiger charge is 2.13. The fourth-order valence-electron chi connectivity index (χ4n) is 1.67. The second kappa shape index (κ2) is 5.20. The molecule has 0 spiro atoms. The predicted octanol–water partition coefficient (Wildman–Crippen LogP) is 2.43. The lowest BCUT2D eigenvalue weighted by molar-refractivity contribution is 0.549. The smallest absolute Gasteiger partial charge is 0.0225 e. The molecule has 0 fully saturated rings. The van der Waals surface area contributed by atoms with E-state index in [9.17, 15) is 0 Å². The quantitative estimate of drug-likeness (QED) is 0.502. The lowest BCUT2D eigenvalue weighted by Crippen LogP contribution is -2.23. The SMILES string of the molecule is CCC(C)/C(=C(/C)NN)C(C)C. The van der Waals surface area contributed by atoms with Crippen molar-refractivity contribution >= 4 is 0 Å². The van der Waals surface area contributed by atoms with Gasteiger partial charge in [-0.15, -0.1) is 0 Å². The Hall–Kier alpha value is -0.500. The van der Waals surface area contributed by atoms with E-state index in [1.807, 2.05) is 6.92 Å². The maximum Gasteiger partial charge on any atom is 0.0225 e. The van der Waals surface area contributed by atoms with Gasteiger partial charge in [0.2, 0.25) is 0 Å². The Bertz CT molecular complexity index is 159. The van der Waals surface area contributed by atoms with E-state index in [2.05, 4.69) is 33.1 Å². The first-order chi connectivity index (χ1) is 5.54. The lowest BCUT2D eigenvalue weighted by atomic mass is 9.88. The summed E-state index contributed by atoms with van der Waals surface area (Å²) < 4.78 is 0. The van der Waals surface area contributed by atoms with Crippen LogP contribution < -0.4 is 11.3 Å². The molecular formula is C10H22N2. The molecule has 2 nitrogen and oxygen atoms in total. The predicted molar refractivity (Wildman–Crippen MR) is 54.3 cm³/mol. The summed E-state index contributed by atoms with van der Waals surface area (Å²) >= 11 is 0. The molecule has 0 aromatic rings. The Balaban J connectivity index is 4.65. The molecule has 0 saturated heterocycles. The first kappa shape index (κ1) is 11.5. The molecule has 12 heavy (non-hydrogen) atoms. The van der Waals surface area contributed by atoms with Crippen molar-refractivity contribution in [1.82, 2.24) is 5.43 Å². The highest BCUT2D eigenvalue weighted by molar-refractivity contribution is 5.14. The van der Waals surface area contributed by atoms with Crippen molar-refractivity contribution in [2.75, 3.05) is 0 Å². The topological polar surface area (TPSA) is 38.0 Å². The van der Waals surface area contributed by atoms with E-state index < -0.39 is 0 Å². The van der Waals surface area contributed by atoms with Crippen LogP contribution in [0.3, 0.4) is 0 Å². The minimum Gasteiger partial charge on any atom is -0.329 e. The Labute approximate surface area is 76.2 Å². The molecule has 0 amide bonds. The fraction of sp³-hybridized carbons (Fsp3) is 0.800. The number of hydrogen-bond donors (Lipinski definition) is 2. The summed E-state index contributed by atoms with van der Waals surface area (Å²) in [4.78, 5) is 0. The molecule has 0 aliphatic rings. The molecule has 0 aromatic carbocycles. The van der Waals surface area contributed by atoms with Gasteiger partial charge in [0.1, 0.15) is 0 Å². The number of allylic oxidation sites excluding steroid dienone is 2. The van der Waals surface area contributed by atoms with Gasteiger partial charge in [0.15, 0.2) is 0 Å². The van der Waals surface area contributed by atoms with E-state index in [-0.39, 0.29) is 0 Å². The third-order valence-electron chi connectivity index (χ3n) is 2.41. The van der Waals surface area contributed by atoms with E-state index in [0.717, 1.165) is 5.70 Å². The molecule has 2 heteroatoms. The first-order valence-corrected chi connectivity index (χ1v) is 4.71. The van der Waals surface area contributed by atoms with Crippen LogP contribution in [0.15, 0.2) is 11.3 Å². The van der Waals surface area contributed by atoms with Crippen LogP contribution in [0, 0.1) is 11.8 Å². The molecule has 0 bridgehead atoms. The van der Waals surface area contributed by atoms with E-state index in [4.69, 9.17) is 5.84 Å². The minimum absolute atomic E-state index is 0.580. The maximum atomic E-state index is 5.40. The molecule has 3 N–H and O–H groups in total. The van der Waals surface area contributed by atoms with Gasteiger partial charge in [-0.1, -0.05) is 27.7 Å². The molecule has 1 atom stereocenters. The maximum absolute atomic E-state index is 5.40. The summed E-state index contributed by atoms with van der Waals surface area (Å²) in [6.07, 6.45) is 1.17. The van der Waals surface area contributed by atoms with Crippen molar-refractivity contribution in [3.05, 3.63) is 11.3 Å². The third-order valence-corrected chi connectivity index (χ3v) is 2.41. The van der Waals surface area contributed by atoms with E-state index in [0.29, 0.717) is 11.8 Å². The van der Waals surface area contributed by atoms with Gasteiger partial charge >= 0.3 is 0 Å². The zero-order valence-corrected chi connectivity index (χ0v) is 8.94. The standard InChI is InChI=1S/C10H22N2/c1-6-8(4)10(7(2)3)9(5)12-11/h7-8,12H,6,11H2,1-5H3/b10-9-. The average Bonchev–Trinajstić information content (AvgIpc) is 2.03. The third kappa shape index (κ3) is 2.86. The van der Waals surface area contributed by atoms with Crippen LogP contribution in [-0.4, -0.2) is 0 Å². The van der Waals surface area contributed by atoms with Gasteiger partial charge in [0, 0.05) is 5.70 Å². The molecule has 0 aromatic heterocycles. The second-order valence-electron chi connectivity index (χ2n) is 3.69. The van der Waals surface area contributed by atoms with Crippen molar-refractivity contribution in [1.29, 1.82) is 0 Å². The number of hydrazine groups is 1. The second-order valence-corrected chi connectivity index (χ2v) is 3.69. The lowest BCUT2D eigenvalue weighted by Gasteiger charge is -2.21. The summed E-state index contributed by atoms with van der Waals surface area (Å²) in [7, 11) is 0. The molecule has 0 aliphatic carbocycles. The van der Waals surface area contributed by atoms with Crippen molar-refractivity contribution in [2.24, 2.45) is 17.7 Å². The van der Waals surface area contributed by atoms with Crippen LogP contribution in [0.25, 0.3) is 0 Å². The van der Waals surface area contributed by atoms with Crippen LogP contribution >= 0.6 is 0 Å². The number of nitrogens with two attached hydrogens (primary N) is 1. The average molecular weight is 170 g/mol. The minimum atomic E-state index is 0.580. The van der Waals surface area contributed by atoms with Crippen molar-refractivity contribution in [3.63, 3.8) is 0 Å². The summed E-state index contributed by atoms with van der Waals surface area (Å²) in [5.74, 6) is 6.60. The normalized spacial score (nSPS) is 15.9. The largest absolute Gasteiger partial charge is 0.329 e. The van der Waals surface area contributed by atoms with Gasteiger partial charge in [0.05, 0.1) is 0 Å². The molecule has 0 saturated carbocycles. The van der Waals surface area contributed by atoms with Crippen molar-refractivity contribution < 1.29 is 0 Å². The Morgan fingerprint density at radius 3 is 2.08 bits per heavy atom. The van der Waals surface area contributed by atoms with E-state index in [1.54, 1.807) is 0 Å². The molecule has 0 rings (SSSR count). The number of rotatable bonds is 4. The van der Waals surface area contributed by atoms with E-state index >= 15 is 0 Å². The summed E-state index contributed by atoms with van der Waals surface area (Å²) in [6.45, 7) is 10.9. The van der Waals surface area contributed by atoms with Gasteiger partial charge in [-0.25, -0.2) is 0 Å². The Kier molecular flexibility index (Phi) is 4.98. The van der Waals surface area contributed by atoms with Gasteiger partial charge < -0.3 is 5.43 Å². The molecule has 72 valence electrons. The van der Waals surface area contributed by atoms with Gasteiger partial charge in [-0.05, 0) is 30.8 Å². The zero-order chi connectivity index (χ0) is 9.72. The molecule has 1 unspecified atom stereocenters. The van der Waals surface area contributed by atoms with Gasteiger partial charge in [0.25, 0.3) is 0 Å². The van der Waals surface area contributed by atoms with Crippen molar-refractivity contribution in [2.45, 2.75) is 41.0 Å². The van der Waals surface area contributed by atoms with E-state index in [1.165, 1.54) is 12.0 Å².